The van der Waals surface area contributed by atoms with Crippen molar-refractivity contribution in [2.45, 2.75) is 199 Å². The second-order valence-corrected chi connectivity index (χ2v) is 14.6. The topological polar surface area (TPSA) is 119 Å². The summed E-state index contributed by atoms with van der Waals surface area (Å²) < 4.78 is 26.3. The molecule has 0 aromatic heterocycles. The van der Waals surface area contributed by atoms with Crippen LogP contribution in [0, 0.1) is 0 Å². The van der Waals surface area contributed by atoms with Crippen molar-refractivity contribution >= 4 is 19.8 Å². The molecule has 0 radical (unpaired) electrons. The molecule has 9 heteroatoms. The molecule has 0 aliphatic rings. The molecule has 0 saturated heterocycles. The number of hydrogen-bond acceptors (Lipinski definition) is 6. The van der Waals surface area contributed by atoms with Crippen molar-refractivity contribution in [3.05, 3.63) is 24.8 Å². The van der Waals surface area contributed by atoms with Gasteiger partial charge in [0.05, 0.1) is 6.61 Å². The van der Waals surface area contributed by atoms with Crippen molar-refractivity contribution in [1.29, 1.82) is 0 Å². The molecule has 0 heterocycles. The Balaban J connectivity index is 3.91. The third-order valence-corrected chi connectivity index (χ3v) is 9.07. The molecule has 0 saturated carbocycles. The van der Waals surface area contributed by atoms with Gasteiger partial charge in [-0.25, -0.2) is 4.57 Å². The van der Waals surface area contributed by atoms with Crippen molar-refractivity contribution in [2.75, 3.05) is 13.2 Å². The van der Waals surface area contributed by atoms with E-state index in [0.717, 1.165) is 44.9 Å². The molecule has 2 N–H and O–H groups in total. The Bertz CT molecular complexity index is 825. The van der Waals surface area contributed by atoms with Crippen LogP contribution < -0.4 is 0 Å². The van der Waals surface area contributed by atoms with Gasteiger partial charge in [-0.1, -0.05) is 154 Å². The normalized spacial score (nSPS) is 12.4. The molecule has 0 fully saturated rings. The van der Waals surface area contributed by atoms with E-state index in [-0.39, 0.29) is 19.4 Å². The highest BCUT2D eigenvalue weighted by atomic mass is 31.2. The fourth-order valence-corrected chi connectivity index (χ4v) is 5.99. The first kappa shape index (κ1) is 46.5. The number of ether oxygens (including phenoxy) is 2. The molecule has 0 aliphatic carbocycles. The molecule has 0 aliphatic heterocycles. The largest absolute Gasteiger partial charge is 0.469 e. The van der Waals surface area contributed by atoms with Crippen molar-refractivity contribution in [2.24, 2.45) is 0 Å². The van der Waals surface area contributed by atoms with Crippen molar-refractivity contribution < 1.29 is 37.9 Å². The standard InChI is InChI=1S/C39H73O8P/c1-3-5-7-9-11-13-15-17-19-21-23-25-27-29-31-33-38(40)45-35-37(36-46-48(42,43)44)47-39(41)34-32-30-28-26-24-22-20-18-16-14-12-10-8-6-4-2/h4,9,11,37H,2-3,5-8,10,12-36H2,1H3,(H2,42,43,44)/b11-9+/t37-/m1/s1. The van der Waals surface area contributed by atoms with Crippen LogP contribution in [0.25, 0.3) is 0 Å². The van der Waals surface area contributed by atoms with Crippen molar-refractivity contribution in [3.63, 3.8) is 0 Å². The third kappa shape index (κ3) is 37.4. The average molecular weight is 701 g/mol. The summed E-state index contributed by atoms with van der Waals surface area (Å²) in [5.74, 6) is -0.885. The summed E-state index contributed by atoms with van der Waals surface area (Å²) in [6.07, 6.45) is 37.9. The lowest BCUT2D eigenvalue weighted by Crippen LogP contribution is -2.29. The molecule has 0 amide bonds. The minimum absolute atomic E-state index is 0.212. The van der Waals surface area contributed by atoms with Gasteiger partial charge in [0.1, 0.15) is 6.61 Å². The Morgan fingerprint density at radius 1 is 0.583 bits per heavy atom. The van der Waals surface area contributed by atoms with Crippen molar-refractivity contribution in [1.82, 2.24) is 0 Å². The maximum Gasteiger partial charge on any atom is 0.469 e. The lowest BCUT2D eigenvalue weighted by Gasteiger charge is -2.18. The number of carbonyl (C=O) groups is 2. The monoisotopic (exact) mass is 701 g/mol. The van der Waals surface area contributed by atoms with E-state index in [1.54, 1.807) is 0 Å². The molecule has 0 aromatic rings. The van der Waals surface area contributed by atoms with Crippen LogP contribution in [0.5, 0.6) is 0 Å². The molecular formula is C39H73O8P. The SMILES string of the molecule is C=CCCCCCCCCCCCCCCCC(=O)O[C@H](COC(=O)CCCCCCCCCCC/C=C/CCCC)COP(=O)(O)O. The molecule has 8 nitrogen and oxygen atoms in total. The van der Waals surface area contributed by atoms with Crippen LogP contribution >= 0.6 is 7.82 Å². The van der Waals surface area contributed by atoms with E-state index in [9.17, 15) is 14.2 Å². The van der Waals surface area contributed by atoms with Crippen LogP contribution in [0.15, 0.2) is 24.8 Å². The van der Waals surface area contributed by atoms with E-state index in [1.165, 1.54) is 122 Å². The van der Waals surface area contributed by atoms with Gasteiger partial charge in [-0.15, -0.1) is 6.58 Å². The van der Waals surface area contributed by atoms with Crippen LogP contribution in [-0.2, 0) is 28.2 Å². The number of rotatable bonds is 37. The van der Waals surface area contributed by atoms with Gasteiger partial charge in [0, 0.05) is 12.8 Å². The fraction of sp³-hybridized carbons (Fsp3) is 0.846. The number of phosphoric ester groups is 1. The summed E-state index contributed by atoms with van der Waals surface area (Å²) in [6, 6.07) is 0. The molecule has 0 unspecified atom stereocenters. The minimum Gasteiger partial charge on any atom is -0.462 e. The second-order valence-electron chi connectivity index (χ2n) is 13.3. The zero-order valence-corrected chi connectivity index (χ0v) is 31.6. The van der Waals surface area contributed by atoms with E-state index in [4.69, 9.17) is 19.3 Å². The minimum atomic E-state index is -4.75. The highest BCUT2D eigenvalue weighted by Gasteiger charge is 2.22. The lowest BCUT2D eigenvalue weighted by atomic mass is 10.0. The average Bonchev–Trinajstić information content (AvgIpc) is 3.05. The molecule has 0 spiro atoms. The van der Waals surface area contributed by atoms with E-state index in [0.29, 0.717) is 6.42 Å². The predicted octanol–water partition coefficient (Wildman–Crippen LogP) is 11.6. The maximum absolute atomic E-state index is 12.4. The van der Waals surface area contributed by atoms with Crippen LogP contribution in [0.1, 0.15) is 193 Å². The number of esters is 2. The molecule has 0 bridgehead atoms. The van der Waals surface area contributed by atoms with Crippen LogP contribution in [0.3, 0.4) is 0 Å². The molecule has 0 rings (SSSR count). The Hall–Kier alpha value is -1.47. The number of phosphoric acid groups is 1. The van der Waals surface area contributed by atoms with Crippen LogP contribution in [0.4, 0.5) is 0 Å². The Labute approximate surface area is 294 Å². The van der Waals surface area contributed by atoms with Crippen LogP contribution in [0.2, 0.25) is 0 Å². The van der Waals surface area contributed by atoms with E-state index in [1.807, 2.05) is 6.08 Å². The highest BCUT2D eigenvalue weighted by molar-refractivity contribution is 7.46. The van der Waals surface area contributed by atoms with Gasteiger partial charge >= 0.3 is 19.8 Å². The van der Waals surface area contributed by atoms with Gasteiger partial charge in [0.2, 0.25) is 0 Å². The van der Waals surface area contributed by atoms with E-state index in [2.05, 4.69) is 30.2 Å². The second kappa shape index (κ2) is 35.4. The summed E-state index contributed by atoms with van der Waals surface area (Å²) in [4.78, 5) is 42.7. The number of allylic oxidation sites excluding steroid dienone is 3. The fourth-order valence-electron chi connectivity index (χ4n) is 5.63. The zero-order valence-electron chi connectivity index (χ0n) is 30.7. The van der Waals surface area contributed by atoms with Gasteiger partial charge in [-0.05, 0) is 44.9 Å². The van der Waals surface area contributed by atoms with Crippen LogP contribution in [-0.4, -0.2) is 41.0 Å². The molecule has 282 valence electrons. The summed E-state index contributed by atoms with van der Waals surface area (Å²) in [5.41, 5.74) is 0. The Morgan fingerprint density at radius 3 is 1.42 bits per heavy atom. The Morgan fingerprint density at radius 2 is 0.979 bits per heavy atom. The first-order valence-electron chi connectivity index (χ1n) is 19.6. The third-order valence-electron chi connectivity index (χ3n) is 8.59. The molecular weight excluding hydrogens is 627 g/mol. The lowest BCUT2D eigenvalue weighted by molar-refractivity contribution is -0.161. The molecule has 48 heavy (non-hydrogen) atoms. The number of unbranched alkanes of at least 4 members (excludes halogenated alkanes) is 24. The summed E-state index contributed by atoms with van der Waals surface area (Å²) in [7, 11) is -4.75. The van der Waals surface area contributed by atoms with Gasteiger partial charge < -0.3 is 19.3 Å². The molecule has 1 atom stereocenters. The number of carbonyl (C=O) groups excluding carboxylic acids is 2. The summed E-state index contributed by atoms with van der Waals surface area (Å²) >= 11 is 0. The highest BCUT2D eigenvalue weighted by Crippen LogP contribution is 2.36. The Kier molecular flexibility index (Phi) is 34.3. The predicted molar refractivity (Wildman–Crippen MR) is 198 cm³/mol. The zero-order chi connectivity index (χ0) is 35.4. The number of hydrogen-bond donors (Lipinski definition) is 2. The smallest absolute Gasteiger partial charge is 0.462 e. The summed E-state index contributed by atoms with van der Waals surface area (Å²) in [6.45, 7) is 5.17. The van der Waals surface area contributed by atoms with Gasteiger partial charge in [-0.3, -0.25) is 14.1 Å². The molecule has 0 aromatic carbocycles. The maximum atomic E-state index is 12.4. The van der Waals surface area contributed by atoms with E-state index >= 15 is 0 Å². The van der Waals surface area contributed by atoms with Gasteiger partial charge in [0.25, 0.3) is 0 Å². The quantitative estimate of drug-likeness (QED) is 0.0284. The first-order valence-corrected chi connectivity index (χ1v) is 21.1. The van der Waals surface area contributed by atoms with Crippen molar-refractivity contribution in [3.8, 4) is 0 Å². The van der Waals surface area contributed by atoms with Gasteiger partial charge in [-0.2, -0.15) is 0 Å². The van der Waals surface area contributed by atoms with Gasteiger partial charge in [0.15, 0.2) is 6.10 Å². The summed E-state index contributed by atoms with van der Waals surface area (Å²) in [5, 5.41) is 0. The van der Waals surface area contributed by atoms with E-state index < -0.39 is 32.5 Å². The first-order chi connectivity index (χ1) is 23.3.